The van der Waals surface area contributed by atoms with Crippen molar-refractivity contribution >= 4 is 21.9 Å². The summed E-state index contributed by atoms with van der Waals surface area (Å²) < 4.78 is 9.76. The number of carbonyl (C=O) groups is 1. The summed E-state index contributed by atoms with van der Waals surface area (Å²) in [6.07, 6.45) is 0. The molecule has 1 unspecified atom stereocenters. The number of cyclic esters (lactones) is 1. The van der Waals surface area contributed by atoms with Crippen LogP contribution in [0.15, 0.2) is 0 Å². The smallest absolute Gasteiger partial charge is 0.349 e. The van der Waals surface area contributed by atoms with E-state index in [1.54, 1.807) is 13.8 Å². The van der Waals surface area contributed by atoms with E-state index in [4.69, 9.17) is 9.47 Å². The Hall–Kier alpha value is -0.0900. The first-order valence-electron chi connectivity index (χ1n) is 2.56. The largest absolute Gasteiger partial charge is 0.431 e. The van der Waals surface area contributed by atoms with Crippen molar-refractivity contribution in [3.05, 3.63) is 0 Å². The molecular weight excluding hydrogens is 188 g/mol. The fourth-order valence-corrected chi connectivity index (χ4v) is 1.15. The van der Waals surface area contributed by atoms with Crippen LogP contribution in [-0.4, -0.2) is 16.8 Å². The minimum absolute atomic E-state index is 0.361. The van der Waals surface area contributed by atoms with E-state index in [-0.39, 0.29) is 5.97 Å². The molecule has 4 heteroatoms. The number of hydrogen-bond donors (Lipinski definition) is 0. The van der Waals surface area contributed by atoms with E-state index in [1.165, 1.54) is 0 Å². The minimum atomic E-state index is -0.759. The molecule has 0 aromatic heterocycles. The summed E-state index contributed by atoms with van der Waals surface area (Å²) in [6.45, 7) is 3.37. The molecule has 1 aliphatic rings. The van der Waals surface area contributed by atoms with Gasteiger partial charge in [0.2, 0.25) is 10.8 Å². The van der Waals surface area contributed by atoms with Gasteiger partial charge in [0.15, 0.2) is 0 Å². The van der Waals surface area contributed by atoms with Crippen molar-refractivity contribution in [2.75, 3.05) is 0 Å². The van der Waals surface area contributed by atoms with Gasteiger partial charge >= 0.3 is 5.97 Å². The molecule has 1 saturated heterocycles. The Balaban J connectivity index is 2.65. The molecule has 0 saturated carbocycles. The highest BCUT2D eigenvalue weighted by atomic mass is 79.9. The number of esters is 1. The zero-order chi connectivity index (χ0) is 7.07. The second kappa shape index (κ2) is 1.95. The van der Waals surface area contributed by atoms with E-state index in [9.17, 15) is 4.79 Å². The zero-order valence-corrected chi connectivity index (χ0v) is 6.77. The van der Waals surface area contributed by atoms with Crippen LogP contribution in [0.4, 0.5) is 0 Å². The van der Waals surface area contributed by atoms with Gasteiger partial charge in [-0.1, -0.05) is 0 Å². The van der Waals surface area contributed by atoms with Crippen molar-refractivity contribution in [1.82, 2.24) is 0 Å². The van der Waals surface area contributed by atoms with Crippen LogP contribution < -0.4 is 0 Å². The van der Waals surface area contributed by atoms with Gasteiger partial charge in [0, 0.05) is 13.8 Å². The fraction of sp³-hybridized carbons (Fsp3) is 0.800. The highest BCUT2D eigenvalue weighted by Crippen LogP contribution is 2.26. The SMILES string of the molecule is CC1(C)OC(=O)C(Br)O1. The van der Waals surface area contributed by atoms with Gasteiger partial charge < -0.3 is 9.47 Å². The number of halogens is 1. The van der Waals surface area contributed by atoms with Crippen LogP contribution in [0.1, 0.15) is 13.8 Å². The monoisotopic (exact) mass is 194 g/mol. The molecule has 0 bridgehead atoms. The summed E-state index contributed by atoms with van der Waals surface area (Å²) in [7, 11) is 0. The molecular formula is C5H7BrO3. The van der Waals surface area contributed by atoms with Crippen molar-refractivity contribution in [3.63, 3.8) is 0 Å². The van der Waals surface area contributed by atoms with E-state index in [2.05, 4.69) is 15.9 Å². The third-order valence-corrected chi connectivity index (χ3v) is 1.48. The molecule has 0 aromatic rings. The van der Waals surface area contributed by atoms with Gasteiger partial charge in [-0.15, -0.1) is 0 Å². The standard InChI is InChI=1S/C5H7BrO3/c1-5(2)8-3(6)4(7)9-5/h3H,1-2H3. The molecule has 0 aliphatic carbocycles. The van der Waals surface area contributed by atoms with Gasteiger partial charge in [-0.05, 0) is 15.9 Å². The van der Waals surface area contributed by atoms with E-state index < -0.39 is 10.8 Å². The van der Waals surface area contributed by atoms with Crippen LogP contribution >= 0.6 is 15.9 Å². The second-order valence-corrected chi connectivity index (χ2v) is 3.09. The number of alkyl halides is 1. The van der Waals surface area contributed by atoms with Crippen LogP contribution in [-0.2, 0) is 14.3 Å². The Bertz CT molecular complexity index is 143. The van der Waals surface area contributed by atoms with Crippen molar-refractivity contribution < 1.29 is 14.3 Å². The highest BCUT2D eigenvalue weighted by Gasteiger charge is 2.39. The Kier molecular flexibility index (Phi) is 1.52. The summed E-state index contributed by atoms with van der Waals surface area (Å²) >= 11 is 2.98. The molecule has 1 heterocycles. The molecule has 3 nitrogen and oxygen atoms in total. The maximum atomic E-state index is 10.6. The molecule has 0 spiro atoms. The van der Waals surface area contributed by atoms with Crippen LogP contribution in [0.2, 0.25) is 0 Å². The fourth-order valence-electron chi connectivity index (χ4n) is 0.610. The summed E-state index contributed by atoms with van der Waals surface area (Å²) in [5.74, 6) is -1.12. The Labute approximate surface area is 61.4 Å². The van der Waals surface area contributed by atoms with E-state index in [0.717, 1.165) is 0 Å². The van der Waals surface area contributed by atoms with Crippen LogP contribution in [0.5, 0.6) is 0 Å². The molecule has 0 amide bonds. The van der Waals surface area contributed by atoms with Crippen molar-refractivity contribution in [1.29, 1.82) is 0 Å². The lowest BCUT2D eigenvalue weighted by Gasteiger charge is -2.13. The maximum absolute atomic E-state index is 10.6. The first-order valence-corrected chi connectivity index (χ1v) is 3.47. The van der Waals surface area contributed by atoms with Gasteiger partial charge in [-0.3, -0.25) is 0 Å². The average molecular weight is 195 g/mol. The highest BCUT2D eigenvalue weighted by molar-refractivity contribution is 9.09. The number of carbonyl (C=O) groups excluding carboxylic acids is 1. The predicted molar refractivity (Wildman–Crippen MR) is 34.0 cm³/mol. The molecule has 1 aliphatic heterocycles. The molecule has 1 atom stereocenters. The Morgan fingerprint density at radius 2 is 2.22 bits per heavy atom. The number of ether oxygens (including phenoxy) is 2. The third kappa shape index (κ3) is 1.43. The van der Waals surface area contributed by atoms with Crippen molar-refractivity contribution in [2.45, 2.75) is 24.6 Å². The van der Waals surface area contributed by atoms with E-state index in [0.29, 0.717) is 0 Å². The van der Waals surface area contributed by atoms with Gasteiger partial charge in [0.25, 0.3) is 0 Å². The van der Waals surface area contributed by atoms with Gasteiger partial charge in [0.1, 0.15) is 0 Å². The summed E-state index contributed by atoms with van der Waals surface area (Å²) in [5, 5.41) is -0.590. The van der Waals surface area contributed by atoms with E-state index >= 15 is 0 Å². The lowest BCUT2D eigenvalue weighted by Crippen LogP contribution is -2.20. The third-order valence-electron chi connectivity index (χ3n) is 0.919. The normalized spacial score (nSPS) is 32.3. The van der Waals surface area contributed by atoms with E-state index in [1.807, 2.05) is 0 Å². The van der Waals surface area contributed by atoms with Crippen molar-refractivity contribution in [2.24, 2.45) is 0 Å². The lowest BCUT2D eigenvalue weighted by molar-refractivity contribution is -0.159. The average Bonchev–Trinajstić information content (AvgIpc) is 1.79. The van der Waals surface area contributed by atoms with Gasteiger partial charge in [-0.25, -0.2) is 4.79 Å². The number of hydrogen-bond acceptors (Lipinski definition) is 3. The molecule has 1 rings (SSSR count). The topological polar surface area (TPSA) is 35.5 Å². The summed E-state index contributed by atoms with van der Waals surface area (Å²) in [5.41, 5.74) is 0. The zero-order valence-electron chi connectivity index (χ0n) is 5.18. The predicted octanol–water partition coefficient (Wildman–Crippen LogP) is 1.02. The minimum Gasteiger partial charge on any atom is -0.431 e. The Morgan fingerprint density at radius 1 is 1.67 bits per heavy atom. The molecule has 9 heavy (non-hydrogen) atoms. The lowest BCUT2D eigenvalue weighted by atomic mass is 10.4. The number of rotatable bonds is 0. The quantitative estimate of drug-likeness (QED) is 0.427. The molecule has 1 fully saturated rings. The first kappa shape index (κ1) is 7.02. The van der Waals surface area contributed by atoms with Crippen molar-refractivity contribution in [3.8, 4) is 0 Å². The first-order chi connectivity index (χ1) is 4.01. The maximum Gasteiger partial charge on any atom is 0.349 e. The Morgan fingerprint density at radius 3 is 2.33 bits per heavy atom. The summed E-state index contributed by atoms with van der Waals surface area (Å²) in [4.78, 5) is 10.6. The molecule has 0 radical (unpaired) electrons. The van der Waals surface area contributed by atoms with Gasteiger partial charge in [-0.2, -0.15) is 0 Å². The molecule has 0 N–H and O–H groups in total. The molecule has 52 valence electrons. The van der Waals surface area contributed by atoms with Crippen LogP contribution in [0.3, 0.4) is 0 Å². The summed E-state index contributed by atoms with van der Waals surface area (Å²) in [6, 6.07) is 0. The van der Waals surface area contributed by atoms with Crippen LogP contribution in [0, 0.1) is 0 Å². The molecule has 0 aromatic carbocycles. The second-order valence-electron chi connectivity index (χ2n) is 2.25. The van der Waals surface area contributed by atoms with Crippen LogP contribution in [0.25, 0.3) is 0 Å². The van der Waals surface area contributed by atoms with Gasteiger partial charge in [0.05, 0.1) is 0 Å².